The first-order valence-corrected chi connectivity index (χ1v) is 6.51. The van der Waals surface area contributed by atoms with Crippen molar-refractivity contribution >= 4 is 32.9 Å². The van der Waals surface area contributed by atoms with Gasteiger partial charge in [-0.25, -0.2) is 8.78 Å². The molecular formula is C8H13BrF2N2OS. The molecule has 0 aromatic carbocycles. The number of amidine groups is 1. The lowest BCUT2D eigenvalue weighted by atomic mass is 10.3. The molecule has 1 heterocycles. The molecule has 0 amide bonds. The van der Waals surface area contributed by atoms with Crippen LogP contribution < -0.4 is 5.32 Å². The van der Waals surface area contributed by atoms with Crippen LogP contribution in [-0.4, -0.2) is 46.0 Å². The van der Waals surface area contributed by atoms with Gasteiger partial charge >= 0.3 is 0 Å². The molecule has 0 aliphatic carbocycles. The van der Waals surface area contributed by atoms with Gasteiger partial charge in [0.1, 0.15) is 13.2 Å². The number of hydrogen-bond acceptors (Lipinski definition) is 3. The largest absolute Gasteiger partial charge is 0.390 e. The molecule has 7 heteroatoms. The van der Waals surface area contributed by atoms with Crippen LogP contribution in [0.5, 0.6) is 0 Å². The SMILES string of the molecule is CC1NC(=NCC(F)(F)CO)SC1CBr. The van der Waals surface area contributed by atoms with E-state index in [1.54, 1.807) is 0 Å². The van der Waals surface area contributed by atoms with Gasteiger partial charge in [0, 0.05) is 16.6 Å². The molecule has 0 bridgehead atoms. The van der Waals surface area contributed by atoms with E-state index < -0.39 is 19.1 Å². The number of thioether (sulfide) groups is 1. The maximum absolute atomic E-state index is 12.7. The Balaban J connectivity index is 2.49. The fraction of sp³-hybridized carbons (Fsp3) is 0.875. The highest BCUT2D eigenvalue weighted by atomic mass is 79.9. The van der Waals surface area contributed by atoms with Crippen molar-refractivity contribution < 1.29 is 13.9 Å². The van der Waals surface area contributed by atoms with Gasteiger partial charge in [-0.3, -0.25) is 4.99 Å². The predicted octanol–water partition coefficient (Wildman–Crippen LogP) is 1.46. The van der Waals surface area contributed by atoms with Crippen LogP contribution >= 0.6 is 27.7 Å². The normalized spacial score (nSPS) is 29.5. The topological polar surface area (TPSA) is 44.6 Å². The number of nitrogens with zero attached hydrogens (tertiary/aromatic N) is 1. The molecule has 15 heavy (non-hydrogen) atoms. The lowest BCUT2D eigenvalue weighted by Crippen LogP contribution is -2.30. The zero-order chi connectivity index (χ0) is 11.5. The molecule has 1 fully saturated rings. The van der Waals surface area contributed by atoms with Crippen molar-refractivity contribution in [2.24, 2.45) is 4.99 Å². The van der Waals surface area contributed by atoms with Crippen molar-refractivity contribution in [2.75, 3.05) is 18.5 Å². The summed E-state index contributed by atoms with van der Waals surface area (Å²) in [7, 11) is 0. The van der Waals surface area contributed by atoms with Crippen LogP contribution in [0.1, 0.15) is 6.92 Å². The number of aliphatic hydroxyl groups excluding tert-OH is 1. The summed E-state index contributed by atoms with van der Waals surface area (Å²) in [6.45, 7) is 0.151. The number of rotatable bonds is 4. The lowest BCUT2D eigenvalue weighted by Gasteiger charge is -2.09. The van der Waals surface area contributed by atoms with E-state index in [0.29, 0.717) is 10.4 Å². The highest BCUT2D eigenvalue weighted by Gasteiger charge is 2.30. The van der Waals surface area contributed by atoms with Gasteiger partial charge in [-0.1, -0.05) is 27.7 Å². The lowest BCUT2D eigenvalue weighted by molar-refractivity contribution is -0.0403. The van der Waals surface area contributed by atoms with Crippen molar-refractivity contribution in [3.8, 4) is 0 Å². The molecule has 0 saturated carbocycles. The molecule has 3 nitrogen and oxygen atoms in total. The molecule has 1 rings (SSSR count). The second-order valence-electron chi connectivity index (χ2n) is 3.38. The van der Waals surface area contributed by atoms with Crippen molar-refractivity contribution in [2.45, 2.75) is 24.1 Å². The number of nitrogens with one attached hydrogen (secondary N) is 1. The Labute approximate surface area is 99.8 Å². The smallest absolute Gasteiger partial charge is 0.289 e. The molecular weight excluding hydrogens is 290 g/mol. The van der Waals surface area contributed by atoms with Crippen LogP contribution in [0.15, 0.2) is 4.99 Å². The van der Waals surface area contributed by atoms with Crippen LogP contribution in [0.3, 0.4) is 0 Å². The highest BCUT2D eigenvalue weighted by molar-refractivity contribution is 9.09. The minimum atomic E-state index is -3.12. The van der Waals surface area contributed by atoms with Crippen LogP contribution in [0.2, 0.25) is 0 Å². The molecule has 1 saturated heterocycles. The van der Waals surface area contributed by atoms with Crippen LogP contribution in [-0.2, 0) is 0 Å². The summed E-state index contributed by atoms with van der Waals surface area (Å²) in [5, 5.41) is 13.0. The summed E-state index contributed by atoms with van der Waals surface area (Å²) in [5.41, 5.74) is 0. The summed E-state index contributed by atoms with van der Waals surface area (Å²) >= 11 is 4.79. The molecule has 2 unspecified atom stereocenters. The maximum Gasteiger partial charge on any atom is 0.289 e. The van der Waals surface area contributed by atoms with E-state index in [4.69, 9.17) is 5.11 Å². The van der Waals surface area contributed by atoms with Gasteiger partial charge in [-0.2, -0.15) is 0 Å². The number of alkyl halides is 3. The monoisotopic (exact) mass is 302 g/mol. The van der Waals surface area contributed by atoms with Crippen LogP contribution in [0.4, 0.5) is 8.78 Å². The van der Waals surface area contributed by atoms with Crippen molar-refractivity contribution in [1.82, 2.24) is 5.32 Å². The van der Waals surface area contributed by atoms with E-state index in [0.717, 1.165) is 5.33 Å². The molecule has 1 aliphatic rings. The Morgan fingerprint density at radius 1 is 1.67 bits per heavy atom. The van der Waals surface area contributed by atoms with E-state index >= 15 is 0 Å². The van der Waals surface area contributed by atoms with Crippen molar-refractivity contribution in [3.63, 3.8) is 0 Å². The number of aliphatic hydroxyl groups is 1. The van der Waals surface area contributed by atoms with Crippen molar-refractivity contribution in [3.05, 3.63) is 0 Å². The van der Waals surface area contributed by atoms with Gasteiger partial charge in [-0.05, 0) is 6.92 Å². The molecule has 0 radical (unpaired) electrons. The average Bonchev–Trinajstić information content (AvgIpc) is 2.56. The summed E-state index contributed by atoms with van der Waals surface area (Å²) in [4.78, 5) is 3.75. The first-order valence-electron chi connectivity index (χ1n) is 4.51. The fourth-order valence-corrected chi connectivity index (χ4v) is 3.02. The Morgan fingerprint density at radius 2 is 2.33 bits per heavy atom. The molecule has 0 aromatic rings. The number of hydrogen-bond donors (Lipinski definition) is 2. The third kappa shape index (κ3) is 3.88. The molecule has 2 N–H and O–H groups in total. The molecule has 0 spiro atoms. The Kier molecular flexibility index (Phi) is 4.79. The Hall–Kier alpha value is 0.120. The van der Waals surface area contributed by atoms with Gasteiger partial charge in [-0.15, -0.1) is 0 Å². The van der Waals surface area contributed by atoms with Gasteiger partial charge in [0.25, 0.3) is 5.92 Å². The van der Waals surface area contributed by atoms with Gasteiger partial charge in [0.15, 0.2) is 5.17 Å². The molecule has 88 valence electrons. The average molecular weight is 303 g/mol. The minimum Gasteiger partial charge on any atom is -0.390 e. The second kappa shape index (κ2) is 5.45. The summed E-state index contributed by atoms with van der Waals surface area (Å²) in [6.07, 6.45) is 0. The van der Waals surface area contributed by atoms with Gasteiger partial charge in [0.05, 0.1) is 0 Å². The Morgan fingerprint density at radius 3 is 2.80 bits per heavy atom. The second-order valence-corrected chi connectivity index (χ2v) is 5.25. The predicted molar refractivity (Wildman–Crippen MR) is 62.1 cm³/mol. The maximum atomic E-state index is 12.7. The summed E-state index contributed by atoms with van der Waals surface area (Å²) < 4.78 is 25.4. The molecule has 2 atom stereocenters. The van der Waals surface area contributed by atoms with Crippen molar-refractivity contribution in [1.29, 1.82) is 0 Å². The summed E-state index contributed by atoms with van der Waals surface area (Å²) in [6, 6.07) is 0.218. The third-order valence-corrected chi connectivity index (χ3v) is 4.48. The quantitative estimate of drug-likeness (QED) is 0.773. The van der Waals surface area contributed by atoms with Crippen LogP contribution in [0, 0.1) is 0 Å². The van der Waals surface area contributed by atoms with E-state index in [1.807, 2.05) is 6.92 Å². The molecule has 1 aliphatic heterocycles. The van der Waals surface area contributed by atoms with E-state index in [2.05, 4.69) is 26.2 Å². The first kappa shape index (κ1) is 13.2. The zero-order valence-electron chi connectivity index (χ0n) is 8.21. The molecule has 0 aromatic heterocycles. The van der Waals surface area contributed by atoms with Crippen LogP contribution in [0.25, 0.3) is 0 Å². The van der Waals surface area contributed by atoms with E-state index in [-0.39, 0.29) is 6.04 Å². The minimum absolute atomic E-state index is 0.218. The standard InChI is InChI=1S/C8H13BrF2N2OS/c1-5-6(2-9)15-7(13-5)12-3-8(10,11)4-14/h5-6,14H,2-4H2,1H3,(H,12,13). The summed E-state index contributed by atoms with van der Waals surface area (Å²) in [5.74, 6) is -3.12. The number of aliphatic imine (C=N–C) groups is 1. The third-order valence-electron chi connectivity index (χ3n) is 2.01. The van der Waals surface area contributed by atoms with E-state index in [1.165, 1.54) is 11.8 Å². The number of halogens is 3. The Bertz CT molecular complexity index is 253. The van der Waals surface area contributed by atoms with Gasteiger partial charge < -0.3 is 10.4 Å². The first-order chi connectivity index (χ1) is 6.98. The zero-order valence-corrected chi connectivity index (χ0v) is 10.6. The van der Waals surface area contributed by atoms with E-state index in [9.17, 15) is 8.78 Å². The highest BCUT2D eigenvalue weighted by Crippen LogP contribution is 2.25. The fourth-order valence-electron chi connectivity index (χ4n) is 1.05. The van der Waals surface area contributed by atoms with Gasteiger partial charge in [0.2, 0.25) is 0 Å².